The van der Waals surface area contributed by atoms with Gasteiger partial charge in [0.2, 0.25) is 0 Å². The Bertz CT molecular complexity index is 1190. The lowest BCUT2D eigenvalue weighted by Crippen LogP contribution is -2.21. The molecule has 0 aliphatic heterocycles. The highest BCUT2D eigenvalue weighted by atomic mass is 35.5. The fourth-order valence-corrected chi connectivity index (χ4v) is 2.95. The van der Waals surface area contributed by atoms with Gasteiger partial charge in [-0.25, -0.2) is 4.79 Å². The number of hydrogen-bond acceptors (Lipinski definition) is 7. The Morgan fingerprint density at radius 2 is 2.03 bits per heavy atom. The van der Waals surface area contributed by atoms with Crippen LogP contribution in [0.2, 0.25) is 5.02 Å². The highest BCUT2D eigenvalue weighted by Gasteiger charge is 2.19. The molecule has 2 aromatic heterocycles. The summed E-state index contributed by atoms with van der Waals surface area (Å²) in [6.07, 6.45) is 1.74. The van der Waals surface area contributed by atoms with Crippen molar-refractivity contribution in [2.75, 3.05) is 12.4 Å². The Hall–Kier alpha value is -3.39. The summed E-state index contributed by atoms with van der Waals surface area (Å²) in [4.78, 5) is 40.9. The first-order chi connectivity index (χ1) is 14.3. The average molecular weight is 431 g/mol. The van der Waals surface area contributed by atoms with Crippen LogP contribution in [0.15, 0.2) is 39.7 Å². The van der Waals surface area contributed by atoms with E-state index >= 15 is 0 Å². The van der Waals surface area contributed by atoms with Crippen LogP contribution >= 0.6 is 11.6 Å². The lowest BCUT2D eigenvalue weighted by molar-refractivity contribution is -0.144. The van der Waals surface area contributed by atoms with Crippen LogP contribution in [0.4, 0.5) is 5.69 Å². The molecule has 0 unspecified atom stereocenters. The van der Waals surface area contributed by atoms with Crippen molar-refractivity contribution in [2.24, 2.45) is 0 Å². The van der Waals surface area contributed by atoms with Crippen molar-refractivity contribution >= 4 is 40.1 Å². The number of carbonyl (C=O) groups excluding carboxylic acids is 2. The number of aryl methyl sites for hydroxylation is 1. The number of nitrogens with zero attached hydrogens (tertiary/aromatic N) is 1. The highest BCUT2D eigenvalue weighted by molar-refractivity contribution is 6.31. The summed E-state index contributed by atoms with van der Waals surface area (Å²) in [5, 5.41) is 3.45. The fourth-order valence-electron chi connectivity index (χ4n) is 2.78. The predicted molar refractivity (Wildman–Crippen MR) is 111 cm³/mol. The number of fused-ring (bicyclic) bond motifs is 1. The minimum absolute atomic E-state index is 0.0622. The van der Waals surface area contributed by atoms with Gasteiger partial charge in [-0.1, -0.05) is 18.5 Å². The number of benzene rings is 1. The van der Waals surface area contributed by atoms with E-state index in [1.54, 1.807) is 26.0 Å². The quantitative estimate of drug-likeness (QED) is 0.591. The molecule has 2 heterocycles. The van der Waals surface area contributed by atoms with E-state index < -0.39 is 11.5 Å². The van der Waals surface area contributed by atoms with Gasteiger partial charge in [0.15, 0.2) is 5.58 Å². The van der Waals surface area contributed by atoms with Crippen molar-refractivity contribution in [1.29, 1.82) is 0 Å². The molecule has 30 heavy (non-hydrogen) atoms. The third-order valence-corrected chi connectivity index (χ3v) is 4.60. The summed E-state index contributed by atoms with van der Waals surface area (Å²) < 4.78 is 15.7. The molecule has 9 heteroatoms. The lowest BCUT2D eigenvalue weighted by atomic mass is 10.1. The van der Waals surface area contributed by atoms with Crippen LogP contribution in [-0.2, 0) is 16.1 Å². The second kappa shape index (κ2) is 8.96. The van der Waals surface area contributed by atoms with E-state index in [0.717, 1.165) is 0 Å². The number of aromatic nitrogens is 1. The summed E-state index contributed by atoms with van der Waals surface area (Å²) in [7, 11) is 1.45. The van der Waals surface area contributed by atoms with Crippen molar-refractivity contribution < 1.29 is 23.5 Å². The van der Waals surface area contributed by atoms with E-state index in [-0.39, 0.29) is 30.1 Å². The van der Waals surface area contributed by atoms with Crippen LogP contribution in [-0.4, -0.2) is 24.0 Å². The van der Waals surface area contributed by atoms with E-state index in [1.165, 1.54) is 25.4 Å². The molecule has 0 bridgehead atoms. The summed E-state index contributed by atoms with van der Waals surface area (Å²) in [5.74, 6) is -0.700. The molecule has 1 aromatic carbocycles. The van der Waals surface area contributed by atoms with Crippen molar-refractivity contribution in [2.45, 2.75) is 26.9 Å². The van der Waals surface area contributed by atoms with Crippen LogP contribution in [0, 0.1) is 6.92 Å². The number of carbonyl (C=O) groups is 2. The summed E-state index contributed by atoms with van der Waals surface area (Å²) >= 11 is 5.99. The largest absolute Gasteiger partial charge is 0.495 e. The summed E-state index contributed by atoms with van der Waals surface area (Å²) in [6.45, 7) is 3.29. The van der Waals surface area contributed by atoms with Gasteiger partial charge in [-0.05, 0) is 31.2 Å². The van der Waals surface area contributed by atoms with Gasteiger partial charge in [0, 0.05) is 28.6 Å². The number of hydrogen-bond donors (Lipinski definition) is 1. The smallest absolute Gasteiger partial charge is 0.349 e. The first kappa shape index (κ1) is 21.3. The predicted octanol–water partition coefficient (Wildman–Crippen LogP) is 3.86. The molecule has 0 fully saturated rings. The molecule has 0 atom stereocenters. The molecule has 0 aliphatic rings. The number of halogens is 1. The number of esters is 1. The Kier molecular flexibility index (Phi) is 6.37. The fraction of sp³-hybridized carbons (Fsp3) is 0.238. The summed E-state index contributed by atoms with van der Waals surface area (Å²) in [6, 6.07) is 6.11. The monoisotopic (exact) mass is 430 g/mol. The van der Waals surface area contributed by atoms with Crippen molar-refractivity contribution in [3.63, 3.8) is 0 Å². The van der Waals surface area contributed by atoms with E-state index in [1.807, 2.05) is 0 Å². The summed E-state index contributed by atoms with van der Waals surface area (Å²) in [5.41, 5.74) is 0.456. The Balaban J connectivity index is 2.02. The number of rotatable bonds is 6. The van der Waals surface area contributed by atoms with Crippen LogP contribution in [0.1, 0.15) is 35.0 Å². The molecule has 1 N–H and O–H groups in total. The topological polar surface area (TPSA) is 108 Å². The zero-order chi connectivity index (χ0) is 21.8. The maximum atomic E-state index is 12.8. The van der Waals surface area contributed by atoms with E-state index in [2.05, 4.69) is 10.3 Å². The molecular weight excluding hydrogens is 412 g/mol. The van der Waals surface area contributed by atoms with Gasteiger partial charge in [-0.15, -0.1) is 0 Å². The van der Waals surface area contributed by atoms with Gasteiger partial charge >= 0.3 is 11.6 Å². The zero-order valence-electron chi connectivity index (χ0n) is 16.6. The zero-order valence-corrected chi connectivity index (χ0v) is 17.3. The van der Waals surface area contributed by atoms with Crippen molar-refractivity contribution in [3.8, 4) is 5.75 Å². The van der Waals surface area contributed by atoms with Gasteiger partial charge in [0.25, 0.3) is 5.91 Å². The molecule has 0 spiro atoms. The first-order valence-corrected chi connectivity index (χ1v) is 9.44. The molecule has 3 rings (SSSR count). The standard InChI is InChI=1S/C21H19ClN2O6/c1-4-18(25)29-10-12-9-23-11(2)19-14(12)8-15(21(27)30-19)20(26)24-16-7-13(22)5-6-17(16)28-3/h5-9H,4,10H2,1-3H3,(H,24,26). The number of ether oxygens (including phenoxy) is 2. The maximum Gasteiger partial charge on any atom is 0.349 e. The molecule has 0 saturated heterocycles. The van der Waals surface area contributed by atoms with Gasteiger partial charge in [-0.2, -0.15) is 0 Å². The molecular formula is C21H19ClN2O6. The van der Waals surface area contributed by atoms with Crippen molar-refractivity contribution in [3.05, 3.63) is 62.7 Å². The van der Waals surface area contributed by atoms with Gasteiger partial charge in [0.05, 0.1) is 18.5 Å². The minimum atomic E-state index is -0.825. The molecule has 0 radical (unpaired) electrons. The van der Waals surface area contributed by atoms with E-state index in [9.17, 15) is 14.4 Å². The molecule has 156 valence electrons. The second-order valence-corrected chi connectivity index (χ2v) is 6.81. The van der Waals surface area contributed by atoms with Crippen LogP contribution in [0.3, 0.4) is 0 Å². The van der Waals surface area contributed by atoms with Crippen LogP contribution in [0.25, 0.3) is 11.0 Å². The van der Waals surface area contributed by atoms with Crippen LogP contribution < -0.4 is 15.7 Å². The molecule has 0 aliphatic carbocycles. The molecule has 1 amide bonds. The Morgan fingerprint density at radius 1 is 1.27 bits per heavy atom. The van der Waals surface area contributed by atoms with Crippen LogP contribution in [0.5, 0.6) is 5.75 Å². The Morgan fingerprint density at radius 3 is 2.73 bits per heavy atom. The van der Waals surface area contributed by atoms with Gasteiger partial charge in [-0.3, -0.25) is 14.6 Å². The number of anilines is 1. The second-order valence-electron chi connectivity index (χ2n) is 6.37. The number of amides is 1. The lowest BCUT2D eigenvalue weighted by Gasteiger charge is -2.11. The minimum Gasteiger partial charge on any atom is -0.495 e. The average Bonchev–Trinajstić information content (AvgIpc) is 2.73. The first-order valence-electron chi connectivity index (χ1n) is 9.06. The van der Waals surface area contributed by atoms with Crippen molar-refractivity contribution in [1.82, 2.24) is 4.98 Å². The van der Waals surface area contributed by atoms with Gasteiger partial charge in [0.1, 0.15) is 17.9 Å². The third kappa shape index (κ3) is 4.44. The maximum absolute atomic E-state index is 12.8. The SMILES string of the molecule is CCC(=O)OCc1cnc(C)c2oc(=O)c(C(=O)Nc3cc(Cl)ccc3OC)cc12. The molecule has 0 saturated carbocycles. The van der Waals surface area contributed by atoms with E-state index in [0.29, 0.717) is 33.1 Å². The molecule has 3 aromatic rings. The van der Waals surface area contributed by atoms with Gasteiger partial charge < -0.3 is 19.2 Å². The number of methoxy groups -OCH3 is 1. The third-order valence-electron chi connectivity index (χ3n) is 4.37. The number of pyridine rings is 1. The normalized spacial score (nSPS) is 10.7. The molecule has 8 nitrogen and oxygen atoms in total. The van der Waals surface area contributed by atoms with E-state index in [4.69, 9.17) is 25.5 Å². The highest BCUT2D eigenvalue weighted by Crippen LogP contribution is 2.28. The number of nitrogens with one attached hydrogen (secondary N) is 1. The Labute approximate surface area is 176 Å².